The Balaban J connectivity index is 1.30. The van der Waals surface area contributed by atoms with Crippen molar-refractivity contribution in [1.82, 2.24) is 29.9 Å². The van der Waals surface area contributed by atoms with Crippen molar-refractivity contribution in [3.05, 3.63) is 119 Å². The molecule has 40 heavy (non-hydrogen) atoms. The summed E-state index contributed by atoms with van der Waals surface area (Å²) >= 11 is 0. The first-order valence-electron chi connectivity index (χ1n) is 13.0. The highest BCUT2D eigenvalue weighted by atomic mass is 19.1. The minimum absolute atomic E-state index is 0.245. The van der Waals surface area contributed by atoms with Gasteiger partial charge in [-0.2, -0.15) is 9.49 Å². The van der Waals surface area contributed by atoms with Gasteiger partial charge in [0, 0.05) is 29.0 Å². The molecule has 7 rings (SSSR count). The number of hydrogen-bond donors (Lipinski definition) is 2. The Morgan fingerprint density at radius 3 is 2.48 bits per heavy atom. The molecule has 0 aliphatic heterocycles. The number of carbonyl (C=O) groups is 1. The maximum absolute atomic E-state index is 13.6. The van der Waals surface area contributed by atoms with Crippen LogP contribution in [0.4, 0.5) is 4.39 Å². The summed E-state index contributed by atoms with van der Waals surface area (Å²) in [6, 6.07) is 26.2. The van der Waals surface area contributed by atoms with Crippen LogP contribution in [0.2, 0.25) is 0 Å². The van der Waals surface area contributed by atoms with E-state index in [0.717, 1.165) is 53.3 Å². The quantitative estimate of drug-likeness (QED) is 0.296. The minimum atomic E-state index is -0.685. The average molecular weight is 531 g/mol. The molecule has 196 valence electrons. The van der Waals surface area contributed by atoms with Crippen LogP contribution in [0.1, 0.15) is 35.2 Å². The number of rotatable bonds is 5. The first kappa shape index (κ1) is 23.9. The van der Waals surface area contributed by atoms with Crippen LogP contribution in [0.25, 0.3) is 39.1 Å². The summed E-state index contributed by atoms with van der Waals surface area (Å²) in [5.41, 5.74) is 5.79. The molecule has 4 heterocycles. The zero-order valence-corrected chi connectivity index (χ0v) is 21.3. The van der Waals surface area contributed by atoms with E-state index in [1.54, 1.807) is 6.07 Å². The number of H-pyrrole nitrogens is 1. The molecule has 0 atom stereocenters. The third kappa shape index (κ3) is 3.94. The molecule has 0 saturated heterocycles. The maximum Gasteiger partial charge on any atom is 0.348 e. The second-order valence-corrected chi connectivity index (χ2v) is 10.0. The summed E-state index contributed by atoms with van der Waals surface area (Å²) in [4.78, 5) is 34.0. The standard InChI is InChI=1S/C31H23FN6O2/c32-26-17-21(13-16-33-26)29(39)35-31(14-4-15-31)22-9-7-20(8-10-22)28-23(19-5-2-1-3-6-19)18-25-24(34-28)11-12-27-36-37-30(40)38(25)27/h1-3,5-13,16-18H,4,14-15H2,(H,35,39)(H,37,40). The molecule has 0 spiro atoms. The topological polar surface area (TPSA) is 105 Å². The number of amides is 1. The molecule has 8 nitrogen and oxygen atoms in total. The molecule has 1 amide bonds. The molecule has 0 unspecified atom stereocenters. The fraction of sp³-hybridized carbons (Fsp3) is 0.129. The number of aromatic amines is 1. The predicted octanol–water partition coefficient (Wildman–Crippen LogP) is 5.25. The lowest BCUT2D eigenvalue weighted by atomic mass is 9.71. The summed E-state index contributed by atoms with van der Waals surface area (Å²) in [6.45, 7) is 0. The van der Waals surface area contributed by atoms with Gasteiger partial charge in [0.05, 0.1) is 22.3 Å². The summed E-state index contributed by atoms with van der Waals surface area (Å²) < 4.78 is 15.1. The molecule has 2 aromatic carbocycles. The third-order valence-corrected chi connectivity index (χ3v) is 7.70. The largest absolute Gasteiger partial charge is 0.348 e. The van der Waals surface area contributed by atoms with Crippen molar-refractivity contribution >= 4 is 22.6 Å². The lowest BCUT2D eigenvalue weighted by Gasteiger charge is -2.43. The Bertz CT molecular complexity index is 1960. The number of nitrogens with one attached hydrogen (secondary N) is 2. The normalized spacial score (nSPS) is 14.2. The highest BCUT2D eigenvalue weighted by Crippen LogP contribution is 2.42. The van der Waals surface area contributed by atoms with Crippen LogP contribution in [0.3, 0.4) is 0 Å². The number of nitrogens with zero attached hydrogens (tertiary/aromatic N) is 4. The summed E-state index contributed by atoms with van der Waals surface area (Å²) in [5, 5.41) is 9.74. The first-order valence-corrected chi connectivity index (χ1v) is 13.0. The smallest absolute Gasteiger partial charge is 0.343 e. The number of halogens is 1. The van der Waals surface area contributed by atoms with Crippen LogP contribution >= 0.6 is 0 Å². The highest BCUT2D eigenvalue weighted by Gasteiger charge is 2.40. The molecule has 9 heteroatoms. The van der Waals surface area contributed by atoms with Gasteiger partial charge in [0.15, 0.2) is 5.65 Å². The van der Waals surface area contributed by atoms with Crippen LogP contribution in [0.15, 0.2) is 95.9 Å². The maximum atomic E-state index is 13.6. The van der Waals surface area contributed by atoms with E-state index in [-0.39, 0.29) is 17.2 Å². The van der Waals surface area contributed by atoms with Crippen molar-refractivity contribution in [2.45, 2.75) is 24.8 Å². The SMILES string of the molecule is O=C(NC1(c2ccc(-c3nc4ccc5n[nH]c(=O)n5c4cc3-c3ccccc3)cc2)CCC1)c1ccnc(F)c1. The van der Waals surface area contributed by atoms with E-state index in [2.05, 4.69) is 20.5 Å². The number of fused-ring (bicyclic) bond motifs is 3. The molecular weight excluding hydrogens is 507 g/mol. The summed E-state index contributed by atoms with van der Waals surface area (Å²) in [7, 11) is 0. The fourth-order valence-corrected chi connectivity index (χ4v) is 5.48. The van der Waals surface area contributed by atoms with Crippen molar-refractivity contribution < 1.29 is 9.18 Å². The summed E-state index contributed by atoms with van der Waals surface area (Å²) in [6.07, 6.45) is 3.87. The van der Waals surface area contributed by atoms with Crippen molar-refractivity contribution in [3.8, 4) is 22.4 Å². The van der Waals surface area contributed by atoms with E-state index in [9.17, 15) is 14.0 Å². The van der Waals surface area contributed by atoms with Crippen molar-refractivity contribution in [3.63, 3.8) is 0 Å². The van der Waals surface area contributed by atoms with Gasteiger partial charge in [0.2, 0.25) is 5.95 Å². The lowest BCUT2D eigenvalue weighted by Crippen LogP contribution is -2.50. The van der Waals surface area contributed by atoms with Gasteiger partial charge in [-0.3, -0.25) is 4.79 Å². The average Bonchev–Trinajstić information content (AvgIpc) is 3.35. The van der Waals surface area contributed by atoms with Gasteiger partial charge in [-0.15, -0.1) is 0 Å². The van der Waals surface area contributed by atoms with E-state index in [1.807, 2.05) is 66.7 Å². The van der Waals surface area contributed by atoms with E-state index < -0.39 is 11.5 Å². The number of pyridine rings is 3. The second kappa shape index (κ2) is 9.23. The Morgan fingerprint density at radius 1 is 0.950 bits per heavy atom. The van der Waals surface area contributed by atoms with Crippen molar-refractivity contribution in [2.24, 2.45) is 0 Å². The van der Waals surface area contributed by atoms with Crippen molar-refractivity contribution in [2.75, 3.05) is 0 Å². The molecule has 1 fully saturated rings. The van der Waals surface area contributed by atoms with Gasteiger partial charge in [-0.05, 0) is 54.7 Å². The first-order chi connectivity index (χ1) is 19.5. The Hall–Kier alpha value is -5.18. The van der Waals surface area contributed by atoms with Crippen LogP contribution in [0, 0.1) is 5.95 Å². The molecule has 0 radical (unpaired) electrons. The Morgan fingerprint density at radius 2 is 1.75 bits per heavy atom. The molecule has 0 bridgehead atoms. The van der Waals surface area contributed by atoms with Gasteiger partial charge in [0.1, 0.15) is 0 Å². The monoisotopic (exact) mass is 530 g/mol. The van der Waals surface area contributed by atoms with Crippen LogP contribution in [0.5, 0.6) is 0 Å². The molecule has 1 aliphatic rings. The van der Waals surface area contributed by atoms with E-state index in [1.165, 1.54) is 16.7 Å². The van der Waals surface area contributed by atoms with Gasteiger partial charge in [-0.1, -0.05) is 54.6 Å². The van der Waals surface area contributed by atoms with Gasteiger partial charge >= 0.3 is 5.69 Å². The van der Waals surface area contributed by atoms with Crippen molar-refractivity contribution in [1.29, 1.82) is 0 Å². The van der Waals surface area contributed by atoms with Crippen LogP contribution < -0.4 is 11.0 Å². The summed E-state index contributed by atoms with van der Waals surface area (Å²) in [5.74, 6) is -1.01. The number of carbonyl (C=O) groups excluding carboxylic acids is 1. The highest BCUT2D eigenvalue weighted by molar-refractivity contribution is 5.95. The predicted molar refractivity (Wildman–Crippen MR) is 149 cm³/mol. The fourth-order valence-electron chi connectivity index (χ4n) is 5.48. The Kier molecular flexibility index (Phi) is 5.52. The molecule has 2 N–H and O–H groups in total. The van der Waals surface area contributed by atoms with Crippen LogP contribution in [-0.2, 0) is 5.54 Å². The molecule has 6 aromatic rings. The van der Waals surface area contributed by atoms with E-state index >= 15 is 0 Å². The molecular formula is C31H23FN6O2. The molecule has 1 aliphatic carbocycles. The number of benzene rings is 2. The van der Waals surface area contributed by atoms with E-state index in [0.29, 0.717) is 16.7 Å². The van der Waals surface area contributed by atoms with Gasteiger partial charge < -0.3 is 5.32 Å². The van der Waals surface area contributed by atoms with Crippen LogP contribution in [-0.4, -0.2) is 30.5 Å². The van der Waals surface area contributed by atoms with Gasteiger partial charge in [-0.25, -0.2) is 24.3 Å². The number of hydrogen-bond acceptors (Lipinski definition) is 5. The second-order valence-electron chi connectivity index (χ2n) is 10.0. The minimum Gasteiger partial charge on any atom is -0.343 e. The molecule has 1 saturated carbocycles. The zero-order chi connectivity index (χ0) is 27.3. The third-order valence-electron chi connectivity index (χ3n) is 7.70. The van der Waals surface area contributed by atoms with E-state index in [4.69, 9.17) is 4.98 Å². The lowest BCUT2D eigenvalue weighted by molar-refractivity contribution is 0.0822. The van der Waals surface area contributed by atoms with Gasteiger partial charge in [0.25, 0.3) is 5.91 Å². The molecule has 4 aromatic heterocycles. The Labute approximate surface area is 227 Å². The number of aromatic nitrogens is 5. The zero-order valence-electron chi connectivity index (χ0n) is 21.3.